The standard InChI is InChI=1S/C17H27N3O/c1-2-20(16-11-9-14(18)10-12-16)13-17(21)19-15-7-5-3-4-6-8-15/h9-12,15H,2-8,13,18H2,1H3,(H,19,21). The van der Waals surface area contributed by atoms with E-state index in [1.807, 2.05) is 24.3 Å². The molecule has 1 saturated carbocycles. The van der Waals surface area contributed by atoms with Gasteiger partial charge >= 0.3 is 0 Å². The zero-order valence-electron chi connectivity index (χ0n) is 13.0. The van der Waals surface area contributed by atoms with Crippen molar-refractivity contribution >= 4 is 17.3 Å². The molecule has 116 valence electrons. The van der Waals surface area contributed by atoms with Crippen LogP contribution in [0.25, 0.3) is 0 Å². The van der Waals surface area contributed by atoms with E-state index in [2.05, 4.69) is 17.1 Å². The van der Waals surface area contributed by atoms with E-state index in [0.29, 0.717) is 12.6 Å². The lowest BCUT2D eigenvalue weighted by Crippen LogP contribution is -2.42. The van der Waals surface area contributed by atoms with Crippen LogP contribution in [0.1, 0.15) is 45.4 Å². The molecule has 1 aromatic rings. The molecule has 1 aromatic carbocycles. The van der Waals surface area contributed by atoms with Gasteiger partial charge in [0.2, 0.25) is 5.91 Å². The molecule has 0 spiro atoms. The van der Waals surface area contributed by atoms with Gasteiger partial charge in [0, 0.05) is 24.0 Å². The minimum atomic E-state index is 0.126. The second-order valence-electron chi connectivity index (χ2n) is 5.86. The van der Waals surface area contributed by atoms with E-state index < -0.39 is 0 Å². The van der Waals surface area contributed by atoms with Gasteiger partial charge in [0.05, 0.1) is 6.54 Å². The topological polar surface area (TPSA) is 58.4 Å². The molecule has 1 amide bonds. The van der Waals surface area contributed by atoms with Gasteiger partial charge in [-0.25, -0.2) is 0 Å². The number of nitrogens with two attached hydrogens (primary N) is 1. The third-order valence-corrected chi connectivity index (χ3v) is 4.19. The molecule has 4 nitrogen and oxygen atoms in total. The van der Waals surface area contributed by atoms with Gasteiger partial charge in [-0.2, -0.15) is 0 Å². The van der Waals surface area contributed by atoms with E-state index in [9.17, 15) is 4.79 Å². The van der Waals surface area contributed by atoms with Crippen molar-refractivity contribution in [2.24, 2.45) is 0 Å². The molecule has 0 radical (unpaired) electrons. The number of nitrogen functional groups attached to an aromatic ring is 1. The predicted octanol–water partition coefficient (Wildman–Crippen LogP) is 2.93. The van der Waals surface area contributed by atoms with Crippen molar-refractivity contribution in [2.45, 2.75) is 51.5 Å². The number of likely N-dealkylation sites (N-methyl/N-ethyl adjacent to an activating group) is 1. The molecule has 2 rings (SSSR count). The van der Waals surface area contributed by atoms with Gasteiger partial charge in [-0.1, -0.05) is 25.7 Å². The van der Waals surface area contributed by atoms with E-state index >= 15 is 0 Å². The quantitative estimate of drug-likeness (QED) is 0.647. The highest BCUT2D eigenvalue weighted by atomic mass is 16.2. The maximum Gasteiger partial charge on any atom is 0.239 e. The Kier molecular flexibility index (Phi) is 5.90. The number of carbonyl (C=O) groups excluding carboxylic acids is 1. The molecule has 21 heavy (non-hydrogen) atoms. The van der Waals surface area contributed by atoms with Crippen LogP contribution >= 0.6 is 0 Å². The maximum absolute atomic E-state index is 12.3. The second-order valence-corrected chi connectivity index (χ2v) is 5.86. The molecule has 4 heteroatoms. The van der Waals surface area contributed by atoms with Crippen molar-refractivity contribution in [3.63, 3.8) is 0 Å². The largest absolute Gasteiger partial charge is 0.399 e. The van der Waals surface area contributed by atoms with E-state index in [-0.39, 0.29) is 5.91 Å². The Hall–Kier alpha value is -1.71. The Morgan fingerprint density at radius 3 is 2.38 bits per heavy atom. The summed E-state index contributed by atoms with van der Waals surface area (Å²) in [5.74, 6) is 0.126. The van der Waals surface area contributed by atoms with Crippen LogP contribution in [0.15, 0.2) is 24.3 Å². The zero-order chi connectivity index (χ0) is 15.1. The first-order valence-electron chi connectivity index (χ1n) is 8.09. The smallest absolute Gasteiger partial charge is 0.239 e. The normalized spacial score (nSPS) is 16.2. The van der Waals surface area contributed by atoms with E-state index in [4.69, 9.17) is 5.73 Å². The lowest BCUT2D eigenvalue weighted by molar-refractivity contribution is -0.120. The molecule has 0 aliphatic heterocycles. The van der Waals surface area contributed by atoms with Crippen molar-refractivity contribution in [2.75, 3.05) is 23.7 Å². The maximum atomic E-state index is 12.3. The van der Waals surface area contributed by atoms with Gasteiger partial charge in [0.1, 0.15) is 0 Å². The van der Waals surface area contributed by atoms with Gasteiger partial charge in [-0.15, -0.1) is 0 Å². The number of carbonyl (C=O) groups is 1. The monoisotopic (exact) mass is 289 g/mol. The van der Waals surface area contributed by atoms with Gasteiger partial charge < -0.3 is 16.0 Å². The highest BCUT2D eigenvalue weighted by molar-refractivity contribution is 5.81. The van der Waals surface area contributed by atoms with Crippen LogP contribution in [0.5, 0.6) is 0 Å². The van der Waals surface area contributed by atoms with Crippen molar-refractivity contribution in [3.05, 3.63) is 24.3 Å². The van der Waals surface area contributed by atoms with E-state index in [1.54, 1.807) is 0 Å². The number of nitrogens with zero attached hydrogens (tertiary/aromatic N) is 1. The number of hydrogen-bond donors (Lipinski definition) is 2. The summed E-state index contributed by atoms with van der Waals surface area (Å²) in [4.78, 5) is 14.3. The first-order valence-corrected chi connectivity index (χ1v) is 8.09. The fourth-order valence-electron chi connectivity index (χ4n) is 2.94. The van der Waals surface area contributed by atoms with Crippen LogP contribution in [0, 0.1) is 0 Å². The highest BCUT2D eigenvalue weighted by Crippen LogP contribution is 2.18. The van der Waals surface area contributed by atoms with Crippen molar-refractivity contribution in [1.29, 1.82) is 0 Å². The van der Waals surface area contributed by atoms with Gasteiger partial charge in [0.15, 0.2) is 0 Å². The average Bonchev–Trinajstić information content (AvgIpc) is 2.74. The molecule has 3 N–H and O–H groups in total. The minimum absolute atomic E-state index is 0.126. The fraction of sp³-hybridized carbons (Fsp3) is 0.588. The average molecular weight is 289 g/mol. The Balaban J connectivity index is 1.88. The summed E-state index contributed by atoms with van der Waals surface area (Å²) >= 11 is 0. The van der Waals surface area contributed by atoms with Crippen LogP contribution in [0.2, 0.25) is 0 Å². The van der Waals surface area contributed by atoms with E-state index in [0.717, 1.165) is 30.8 Å². The number of amides is 1. The number of nitrogens with one attached hydrogen (secondary N) is 1. The van der Waals surface area contributed by atoms with Gasteiger partial charge in [-0.3, -0.25) is 4.79 Å². The Bertz CT molecular complexity index is 436. The number of rotatable bonds is 5. The molecular formula is C17H27N3O. The molecule has 0 unspecified atom stereocenters. The Labute approximate surface area is 127 Å². The first-order chi connectivity index (χ1) is 10.2. The zero-order valence-corrected chi connectivity index (χ0v) is 13.0. The van der Waals surface area contributed by atoms with Gasteiger partial charge in [-0.05, 0) is 44.0 Å². The van der Waals surface area contributed by atoms with Crippen molar-refractivity contribution < 1.29 is 4.79 Å². The summed E-state index contributed by atoms with van der Waals surface area (Å²) in [5.41, 5.74) is 7.50. The lowest BCUT2D eigenvalue weighted by atomic mass is 10.1. The second kappa shape index (κ2) is 7.91. The van der Waals surface area contributed by atoms with Crippen LogP contribution < -0.4 is 16.0 Å². The fourth-order valence-corrected chi connectivity index (χ4v) is 2.94. The Morgan fingerprint density at radius 2 is 1.81 bits per heavy atom. The molecule has 1 aliphatic rings. The first kappa shape index (κ1) is 15.7. The molecule has 0 atom stereocenters. The van der Waals surface area contributed by atoms with Crippen LogP contribution in [-0.2, 0) is 4.79 Å². The summed E-state index contributed by atoms with van der Waals surface area (Å²) in [6.45, 7) is 3.29. The number of anilines is 2. The third-order valence-electron chi connectivity index (χ3n) is 4.19. The van der Waals surface area contributed by atoms with Gasteiger partial charge in [0.25, 0.3) is 0 Å². The SMILES string of the molecule is CCN(CC(=O)NC1CCCCCC1)c1ccc(N)cc1. The van der Waals surface area contributed by atoms with E-state index in [1.165, 1.54) is 25.7 Å². The van der Waals surface area contributed by atoms with Crippen molar-refractivity contribution in [1.82, 2.24) is 5.32 Å². The molecule has 0 heterocycles. The van der Waals surface area contributed by atoms with Crippen LogP contribution in [0.3, 0.4) is 0 Å². The molecule has 1 aliphatic carbocycles. The summed E-state index contributed by atoms with van der Waals surface area (Å²) in [5, 5.41) is 3.20. The van der Waals surface area contributed by atoms with Crippen LogP contribution in [-0.4, -0.2) is 25.0 Å². The number of benzene rings is 1. The summed E-state index contributed by atoms with van der Waals surface area (Å²) in [6.07, 6.45) is 7.33. The predicted molar refractivity (Wildman–Crippen MR) is 88.4 cm³/mol. The number of hydrogen-bond acceptors (Lipinski definition) is 3. The highest BCUT2D eigenvalue weighted by Gasteiger charge is 2.16. The van der Waals surface area contributed by atoms with Crippen LogP contribution in [0.4, 0.5) is 11.4 Å². The molecule has 0 saturated heterocycles. The molecule has 0 aromatic heterocycles. The molecular weight excluding hydrogens is 262 g/mol. The lowest BCUT2D eigenvalue weighted by Gasteiger charge is -2.24. The third kappa shape index (κ3) is 4.96. The molecule has 1 fully saturated rings. The van der Waals surface area contributed by atoms with Crippen molar-refractivity contribution in [3.8, 4) is 0 Å². The summed E-state index contributed by atoms with van der Waals surface area (Å²) < 4.78 is 0. The Morgan fingerprint density at radius 1 is 1.19 bits per heavy atom. The summed E-state index contributed by atoms with van der Waals surface area (Å²) in [6, 6.07) is 8.06. The minimum Gasteiger partial charge on any atom is -0.399 e. The molecule has 0 bridgehead atoms. The summed E-state index contributed by atoms with van der Waals surface area (Å²) in [7, 11) is 0.